The van der Waals surface area contributed by atoms with Crippen molar-refractivity contribution in [3.05, 3.63) is 104 Å². The number of non-ortho nitro benzene ring substituents is 1. The number of nitrogens with zero attached hydrogens (tertiary/aromatic N) is 2. The second kappa shape index (κ2) is 12.0. The van der Waals surface area contributed by atoms with Crippen LogP contribution in [-0.2, 0) is 4.79 Å². The number of nitro groups is 1. The molecule has 3 N–H and O–H groups in total. The van der Waals surface area contributed by atoms with Gasteiger partial charge in [0.2, 0.25) is 0 Å². The lowest BCUT2D eigenvalue weighted by Gasteiger charge is -2.32. The Kier molecular flexibility index (Phi) is 8.03. The van der Waals surface area contributed by atoms with Gasteiger partial charge in [-0.1, -0.05) is 42.8 Å². The summed E-state index contributed by atoms with van der Waals surface area (Å²) in [5, 5.41) is 14.3. The number of likely N-dealkylation sites (tertiary alicyclic amines) is 1. The molecular formula is C36H39F3N4O3. The van der Waals surface area contributed by atoms with Gasteiger partial charge in [-0.05, 0) is 101 Å². The average Bonchev–Trinajstić information content (AvgIpc) is 3.57. The maximum absolute atomic E-state index is 12.5. The molecule has 3 aromatic rings. The smallest absolute Gasteiger partial charge is 0.399 e. The molecule has 4 aliphatic carbocycles. The summed E-state index contributed by atoms with van der Waals surface area (Å²) in [4.78, 5) is 22.4. The number of carbonyl (C=O) groups excluding carboxylic acids is 1. The molecule has 7 nitrogen and oxygen atoms in total. The molecule has 242 valence electrons. The molecule has 6 unspecified atom stereocenters. The van der Waals surface area contributed by atoms with E-state index in [9.17, 15) is 28.1 Å². The van der Waals surface area contributed by atoms with Crippen molar-refractivity contribution in [2.24, 2.45) is 0 Å². The molecule has 6 atom stereocenters. The van der Waals surface area contributed by atoms with Gasteiger partial charge < -0.3 is 16.0 Å². The molecular weight excluding hydrogens is 593 g/mol. The number of anilines is 1. The van der Waals surface area contributed by atoms with E-state index < -0.39 is 17.0 Å². The molecule has 1 amide bonds. The summed E-state index contributed by atoms with van der Waals surface area (Å²) in [6, 6.07) is 19.8. The maximum atomic E-state index is 12.5. The molecule has 2 aliphatic heterocycles. The van der Waals surface area contributed by atoms with Crippen LogP contribution in [0.5, 0.6) is 0 Å². The Balaban J connectivity index is 0.000000116. The molecule has 0 spiro atoms. The van der Waals surface area contributed by atoms with Crippen LogP contribution in [0.3, 0.4) is 0 Å². The predicted molar refractivity (Wildman–Crippen MR) is 170 cm³/mol. The number of carbonyl (C=O) groups is 1. The standard InChI is InChI=1S/C13H11F3N2O3.C12H15N.C11H13N/c14-13(15,16)12(19)17-5-7-3-8(6-17)11-4-9(18(20)21)1-2-10(7)11;13-10-4-5-11-8-2-1-3-9(6-8)12(11)7-10;1-2-4-11-9-5-8(6-12-7-9)10(11)3-1/h1-2,4,7-8H,3,5-6H2;4-5,7-9H,1-3,6,13H2;1-4,8-9,12H,5-7H2. The molecule has 0 aromatic heterocycles. The minimum absolute atomic E-state index is 0.0135. The molecule has 6 bridgehead atoms. The van der Waals surface area contributed by atoms with E-state index in [0.29, 0.717) is 12.0 Å². The van der Waals surface area contributed by atoms with E-state index in [4.69, 9.17) is 5.73 Å². The van der Waals surface area contributed by atoms with E-state index in [0.717, 1.165) is 39.8 Å². The van der Waals surface area contributed by atoms with Gasteiger partial charge >= 0.3 is 12.1 Å². The Morgan fingerprint density at radius 3 is 1.93 bits per heavy atom. The van der Waals surface area contributed by atoms with Crippen LogP contribution in [0.15, 0.2) is 60.7 Å². The van der Waals surface area contributed by atoms with Crippen LogP contribution in [-0.4, -0.2) is 48.1 Å². The van der Waals surface area contributed by atoms with E-state index in [1.807, 2.05) is 0 Å². The predicted octanol–water partition coefficient (Wildman–Crippen LogP) is 7.45. The Bertz CT molecular complexity index is 1630. The summed E-state index contributed by atoms with van der Waals surface area (Å²) in [6.45, 7) is 2.35. The van der Waals surface area contributed by atoms with Gasteiger partial charge in [0.05, 0.1) is 4.92 Å². The van der Waals surface area contributed by atoms with E-state index >= 15 is 0 Å². The van der Waals surface area contributed by atoms with Gasteiger partial charge in [0.1, 0.15) is 0 Å². The highest BCUT2D eigenvalue weighted by Gasteiger charge is 2.48. The van der Waals surface area contributed by atoms with Crippen molar-refractivity contribution in [2.75, 3.05) is 31.9 Å². The topological polar surface area (TPSA) is 102 Å². The number of halogens is 3. The van der Waals surface area contributed by atoms with Crippen molar-refractivity contribution in [3.8, 4) is 0 Å². The van der Waals surface area contributed by atoms with Crippen LogP contribution in [0.1, 0.15) is 107 Å². The van der Waals surface area contributed by atoms with E-state index in [1.165, 1.54) is 57.3 Å². The van der Waals surface area contributed by atoms with Crippen LogP contribution in [0.2, 0.25) is 0 Å². The fourth-order valence-electron chi connectivity index (χ4n) is 9.04. The number of amides is 1. The minimum atomic E-state index is -4.88. The lowest BCUT2D eigenvalue weighted by molar-refractivity contribution is -0.384. The molecule has 3 fully saturated rings. The van der Waals surface area contributed by atoms with Crippen molar-refractivity contribution in [1.29, 1.82) is 0 Å². The van der Waals surface area contributed by atoms with E-state index in [2.05, 4.69) is 47.8 Å². The third-order valence-corrected chi connectivity index (χ3v) is 11.0. The first-order valence-electron chi connectivity index (χ1n) is 16.4. The monoisotopic (exact) mass is 632 g/mol. The van der Waals surface area contributed by atoms with Gasteiger partial charge in [-0.2, -0.15) is 13.2 Å². The Hall–Kier alpha value is -3.92. The number of hydrogen-bond donors (Lipinski definition) is 2. The molecule has 10 heteroatoms. The van der Waals surface area contributed by atoms with Crippen molar-refractivity contribution in [2.45, 2.75) is 80.2 Å². The number of nitrogen functional groups attached to an aromatic ring is 1. The molecule has 1 saturated carbocycles. The highest BCUT2D eigenvalue weighted by Crippen LogP contribution is 2.51. The minimum Gasteiger partial charge on any atom is -0.399 e. The number of nitro benzene ring substituents is 1. The summed E-state index contributed by atoms with van der Waals surface area (Å²) in [7, 11) is 0. The highest BCUT2D eigenvalue weighted by atomic mass is 19.4. The lowest BCUT2D eigenvalue weighted by Crippen LogP contribution is -2.46. The zero-order valence-corrected chi connectivity index (χ0v) is 25.6. The number of rotatable bonds is 1. The Labute approximate surface area is 266 Å². The van der Waals surface area contributed by atoms with Gasteiger partial charge in [-0.25, -0.2) is 0 Å². The maximum Gasteiger partial charge on any atom is 0.471 e. The Morgan fingerprint density at radius 1 is 0.761 bits per heavy atom. The number of nitrogens with one attached hydrogen (secondary N) is 1. The molecule has 6 aliphatic rings. The quantitative estimate of drug-likeness (QED) is 0.165. The first-order valence-corrected chi connectivity index (χ1v) is 16.4. The van der Waals surface area contributed by atoms with Crippen molar-refractivity contribution in [3.63, 3.8) is 0 Å². The summed E-state index contributed by atoms with van der Waals surface area (Å²) in [5.74, 6) is 1.03. The van der Waals surface area contributed by atoms with Gasteiger partial charge in [-0.3, -0.25) is 14.9 Å². The summed E-state index contributed by atoms with van der Waals surface area (Å²) in [6.07, 6.45) is 2.71. The van der Waals surface area contributed by atoms with Gasteiger partial charge in [-0.15, -0.1) is 0 Å². The zero-order valence-electron chi connectivity index (χ0n) is 25.6. The van der Waals surface area contributed by atoms with Crippen molar-refractivity contribution < 1.29 is 22.9 Å². The summed E-state index contributed by atoms with van der Waals surface area (Å²) < 4.78 is 37.6. The summed E-state index contributed by atoms with van der Waals surface area (Å²) >= 11 is 0. The second-order valence-corrected chi connectivity index (χ2v) is 13.8. The van der Waals surface area contributed by atoms with E-state index in [1.54, 1.807) is 28.3 Å². The van der Waals surface area contributed by atoms with Gasteiger partial charge in [0.25, 0.3) is 5.69 Å². The number of hydrogen-bond acceptors (Lipinski definition) is 5. The molecule has 0 radical (unpaired) electrons. The van der Waals surface area contributed by atoms with Crippen LogP contribution >= 0.6 is 0 Å². The molecule has 2 saturated heterocycles. The normalized spacial score (nSPS) is 27.7. The second-order valence-electron chi connectivity index (χ2n) is 13.8. The van der Waals surface area contributed by atoms with Crippen LogP contribution < -0.4 is 11.1 Å². The van der Waals surface area contributed by atoms with Gasteiger partial charge in [0.15, 0.2) is 0 Å². The summed E-state index contributed by atoms with van der Waals surface area (Å²) in [5.41, 5.74) is 14.6. The van der Waals surface area contributed by atoms with Crippen molar-refractivity contribution >= 4 is 17.3 Å². The third-order valence-electron chi connectivity index (χ3n) is 11.0. The molecule has 2 heterocycles. The fraction of sp³-hybridized carbons (Fsp3) is 0.472. The lowest BCUT2D eigenvalue weighted by atomic mass is 9.87. The number of nitrogens with two attached hydrogens (primary N) is 1. The third kappa shape index (κ3) is 5.76. The Morgan fingerprint density at radius 2 is 1.28 bits per heavy atom. The highest BCUT2D eigenvalue weighted by molar-refractivity contribution is 5.82. The molecule has 46 heavy (non-hydrogen) atoms. The molecule has 9 rings (SSSR count). The SMILES string of the molecule is Nc1ccc2c(c1)C1CCCC2C1.O=C(N1CC2CC(C1)c1cc([N+](=O)[O-])ccc12)C(F)(F)F.c1ccc2c(c1)C1CNCC2C1. The zero-order chi connectivity index (χ0) is 32.2. The van der Waals surface area contributed by atoms with Crippen LogP contribution in [0, 0.1) is 10.1 Å². The van der Waals surface area contributed by atoms with Crippen LogP contribution in [0.25, 0.3) is 0 Å². The first-order chi connectivity index (χ1) is 22.1. The largest absolute Gasteiger partial charge is 0.471 e. The van der Waals surface area contributed by atoms with Crippen molar-refractivity contribution in [1.82, 2.24) is 10.2 Å². The number of piperidine rings is 2. The van der Waals surface area contributed by atoms with Crippen LogP contribution in [0.4, 0.5) is 24.5 Å². The van der Waals surface area contributed by atoms with E-state index in [-0.39, 0.29) is 30.6 Å². The number of benzene rings is 3. The molecule has 3 aromatic carbocycles. The first kappa shape index (κ1) is 30.7. The van der Waals surface area contributed by atoms with Gasteiger partial charge in [0, 0.05) is 55.8 Å². The fourth-order valence-corrected chi connectivity index (χ4v) is 9.04. The number of alkyl halides is 3. The average molecular weight is 633 g/mol. The number of fused-ring (bicyclic) bond motifs is 15.